The summed E-state index contributed by atoms with van der Waals surface area (Å²) in [5.41, 5.74) is 1.49. The maximum Gasteiger partial charge on any atom is 0.252 e. The van der Waals surface area contributed by atoms with Gasteiger partial charge in [0.05, 0.1) is 12.0 Å². The van der Waals surface area contributed by atoms with Crippen LogP contribution in [0, 0.1) is 0 Å². The van der Waals surface area contributed by atoms with Crippen LogP contribution in [0.25, 0.3) is 0 Å². The number of hydrogen-bond donors (Lipinski definition) is 2. The zero-order chi connectivity index (χ0) is 16.5. The number of amides is 2. The standard InChI is InChI=1S/C17H18BrN3O2/c18-15-6-1-4-13(10-15)11-16(22)20-8-3-9-21-17(23)14-5-2-7-19-12-14/h1-2,4-7,10,12H,3,8-9,11H2,(H,20,22)(H,21,23). The van der Waals surface area contributed by atoms with Crippen molar-refractivity contribution in [1.29, 1.82) is 0 Å². The number of halogens is 1. The smallest absolute Gasteiger partial charge is 0.252 e. The van der Waals surface area contributed by atoms with E-state index in [0.717, 1.165) is 10.0 Å². The molecular weight excluding hydrogens is 358 g/mol. The number of aromatic nitrogens is 1. The van der Waals surface area contributed by atoms with Crippen LogP contribution in [-0.2, 0) is 11.2 Å². The van der Waals surface area contributed by atoms with Crippen LogP contribution in [0.15, 0.2) is 53.3 Å². The van der Waals surface area contributed by atoms with Crippen LogP contribution < -0.4 is 10.6 Å². The van der Waals surface area contributed by atoms with Gasteiger partial charge in [0.25, 0.3) is 5.91 Å². The van der Waals surface area contributed by atoms with Gasteiger partial charge in [0.15, 0.2) is 0 Å². The van der Waals surface area contributed by atoms with Gasteiger partial charge in [-0.15, -0.1) is 0 Å². The monoisotopic (exact) mass is 375 g/mol. The number of carbonyl (C=O) groups is 2. The number of pyridine rings is 1. The van der Waals surface area contributed by atoms with Crippen LogP contribution in [0.3, 0.4) is 0 Å². The van der Waals surface area contributed by atoms with Crippen molar-refractivity contribution in [3.05, 3.63) is 64.4 Å². The van der Waals surface area contributed by atoms with Crippen LogP contribution in [0.1, 0.15) is 22.3 Å². The van der Waals surface area contributed by atoms with E-state index in [4.69, 9.17) is 0 Å². The van der Waals surface area contributed by atoms with Crippen molar-refractivity contribution in [3.63, 3.8) is 0 Å². The van der Waals surface area contributed by atoms with Crippen LogP contribution >= 0.6 is 15.9 Å². The molecule has 1 aromatic heterocycles. The Morgan fingerprint density at radius 1 is 1.09 bits per heavy atom. The highest BCUT2D eigenvalue weighted by Crippen LogP contribution is 2.11. The molecule has 0 aliphatic carbocycles. The molecule has 2 aromatic rings. The maximum absolute atomic E-state index is 11.8. The second-order valence-electron chi connectivity index (χ2n) is 5.01. The number of hydrogen-bond acceptors (Lipinski definition) is 3. The quantitative estimate of drug-likeness (QED) is 0.729. The molecule has 0 fully saturated rings. The second-order valence-corrected chi connectivity index (χ2v) is 5.92. The van der Waals surface area contributed by atoms with Gasteiger partial charge in [0.2, 0.25) is 5.91 Å². The molecule has 120 valence electrons. The molecule has 0 atom stereocenters. The van der Waals surface area contributed by atoms with Crippen molar-refractivity contribution >= 4 is 27.7 Å². The largest absolute Gasteiger partial charge is 0.356 e. The minimum absolute atomic E-state index is 0.0262. The third-order valence-electron chi connectivity index (χ3n) is 3.14. The molecule has 0 bridgehead atoms. The Morgan fingerprint density at radius 2 is 1.91 bits per heavy atom. The Morgan fingerprint density at radius 3 is 2.65 bits per heavy atom. The number of rotatable bonds is 7. The summed E-state index contributed by atoms with van der Waals surface area (Å²) in [4.78, 5) is 27.5. The summed E-state index contributed by atoms with van der Waals surface area (Å²) in [6, 6.07) is 11.1. The Kier molecular flexibility index (Phi) is 6.75. The summed E-state index contributed by atoms with van der Waals surface area (Å²) >= 11 is 3.38. The lowest BCUT2D eigenvalue weighted by Gasteiger charge is -2.07. The van der Waals surface area contributed by atoms with Crippen molar-refractivity contribution in [2.75, 3.05) is 13.1 Å². The lowest BCUT2D eigenvalue weighted by Crippen LogP contribution is -2.30. The summed E-state index contributed by atoms with van der Waals surface area (Å²) in [5, 5.41) is 5.64. The second kappa shape index (κ2) is 9.05. The van der Waals surface area contributed by atoms with E-state index in [-0.39, 0.29) is 11.8 Å². The predicted octanol–water partition coefficient (Wildman–Crippen LogP) is 2.32. The lowest BCUT2D eigenvalue weighted by atomic mass is 10.1. The fraction of sp³-hybridized carbons (Fsp3) is 0.235. The average Bonchev–Trinajstić information content (AvgIpc) is 2.55. The molecule has 2 amide bonds. The van der Waals surface area contributed by atoms with Crippen molar-refractivity contribution < 1.29 is 9.59 Å². The molecule has 2 rings (SSSR count). The molecule has 23 heavy (non-hydrogen) atoms. The molecule has 5 nitrogen and oxygen atoms in total. The summed E-state index contributed by atoms with van der Waals surface area (Å²) in [5.74, 6) is -0.180. The predicted molar refractivity (Wildman–Crippen MR) is 92.0 cm³/mol. The van der Waals surface area contributed by atoms with Gasteiger partial charge in [-0.25, -0.2) is 0 Å². The van der Waals surface area contributed by atoms with Crippen molar-refractivity contribution in [3.8, 4) is 0 Å². The number of benzene rings is 1. The molecule has 2 N–H and O–H groups in total. The van der Waals surface area contributed by atoms with Crippen LogP contribution in [0.4, 0.5) is 0 Å². The van der Waals surface area contributed by atoms with Gasteiger partial charge in [-0.3, -0.25) is 14.6 Å². The van der Waals surface area contributed by atoms with Crippen LogP contribution in [0.2, 0.25) is 0 Å². The summed E-state index contributed by atoms with van der Waals surface area (Å²) in [6.45, 7) is 1.03. The summed E-state index contributed by atoms with van der Waals surface area (Å²) in [7, 11) is 0. The van der Waals surface area contributed by atoms with Crippen LogP contribution in [0.5, 0.6) is 0 Å². The van der Waals surface area contributed by atoms with E-state index in [1.807, 2.05) is 24.3 Å². The zero-order valence-corrected chi connectivity index (χ0v) is 14.2. The van der Waals surface area contributed by atoms with Gasteiger partial charge >= 0.3 is 0 Å². The van der Waals surface area contributed by atoms with Gasteiger partial charge in [-0.1, -0.05) is 28.1 Å². The van der Waals surface area contributed by atoms with Crippen molar-refractivity contribution in [2.45, 2.75) is 12.8 Å². The third kappa shape index (κ3) is 6.20. The fourth-order valence-corrected chi connectivity index (χ4v) is 2.46. The fourth-order valence-electron chi connectivity index (χ4n) is 2.01. The van der Waals surface area contributed by atoms with E-state index < -0.39 is 0 Å². The molecule has 0 spiro atoms. The lowest BCUT2D eigenvalue weighted by molar-refractivity contribution is -0.120. The number of nitrogens with one attached hydrogen (secondary N) is 2. The maximum atomic E-state index is 11.8. The highest BCUT2D eigenvalue weighted by atomic mass is 79.9. The molecule has 0 aliphatic rings. The Balaban J connectivity index is 1.62. The van der Waals surface area contributed by atoms with Gasteiger partial charge in [0, 0.05) is 30.0 Å². The molecule has 6 heteroatoms. The SMILES string of the molecule is O=C(Cc1cccc(Br)c1)NCCCNC(=O)c1cccnc1. The van der Waals surface area contributed by atoms with Crippen molar-refractivity contribution in [1.82, 2.24) is 15.6 Å². The number of carbonyl (C=O) groups excluding carboxylic acids is 2. The molecule has 0 aliphatic heterocycles. The number of nitrogens with zero attached hydrogens (tertiary/aromatic N) is 1. The first-order valence-electron chi connectivity index (χ1n) is 7.34. The van der Waals surface area contributed by atoms with Gasteiger partial charge in [0.1, 0.15) is 0 Å². The normalized spacial score (nSPS) is 10.1. The van der Waals surface area contributed by atoms with E-state index >= 15 is 0 Å². The highest BCUT2D eigenvalue weighted by Gasteiger charge is 2.05. The zero-order valence-electron chi connectivity index (χ0n) is 12.6. The topological polar surface area (TPSA) is 71.1 Å². The first kappa shape index (κ1) is 17.1. The average molecular weight is 376 g/mol. The first-order chi connectivity index (χ1) is 11.1. The molecule has 0 radical (unpaired) electrons. The van der Waals surface area contributed by atoms with E-state index in [1.165, 1.54) is 6.20 Å². The highest BCUT2D eigenvalue weighted by molar-refractivity contribution is 9.10. The Bertz CT molecular complexity index is 662. The van der Waals surface area contributed by atoms with E-state index in [9.17, 15) is 9.59 Å². The summed E-state index contributed by atoms with van der Waals surface area (Å²) < 4.78 is 0.959. The van der Waals surface area contributed by atoms with E-state index in [2.05, 4.69) is 31.5 Å². The molecule has 0 saturated heterocycles. The molecule has 1 aromatic carbocycles. The summed E-state index contributed by atoms with van der Waals surface area (Å²) in [6.07, 6.45) is 4.17. The first-order valence-corrected chi connectivity index (χ1v) is 8.14. The minimum atomic E-state index is -0.154. The van der Waals surface area contributed by atoms with Gasteiger partial charge in [-0.2, -0.15) is 0 Å². The van der Waals surface area contributed by atoms with E-state index in [1.54, 1.807) is 18.3 Å². The molecule has 0 unspecified atom stereocenters. The Labute approximate surface area is 143 Å². The molecular formula is C17H18BrN3O2. The molecule has 1 heterocycles. The molecule has 0 saturated carbocycles. The van der Waals surface area contributed by atoms with E-state index in [0.29, 0.717) is 31.5 Å². The van der Waals surface area contributed by atoms with Crippen LogP contribution in [-0.4, -0.2) is 29.9 Å². The van der Waals surface area contributed by atoms with Gasteiger partial charge < -0.3 is 10.6 Å². The van der Waals surface area contributed by atoms with Crippen molar-refractivity contribution in [2.24, 2.45) is 0 Å². The van der Waals surface area contributed by atoms with Gasteiger partial charge in [-0.05, 0) is 36.2 Å². The third-order valence-corrected chi connectivity index (χ3v) is 3.63. The Hall–Kier alpha value is -2.21. The minimum Gasteiger partial charge on any atom is -0.356 e.